The number of nitro groups is 1. The highest BCUT2D eigenvalue weighted by molar-refractivity contribution is 7.89. The highest BCUT2D eigenvalue weighted by Crippen LogP contribution is 2.26. The number of sulfonamides is 1. The molecule has 0 radical (unpaired) electrons. The molecule has 0 aromatic heterocycles. The number of rotatable bonds is 7. The number of nitrogens with one attached hydrogen (secondary N) is 1. The predicted octanol–water partition coefficient (Wildman–Crippen LogP) is 2.59. The van der Waals surface area contributed by atoms with Gasteiger partial charge in [-0.25, -0.2) is 13.2 Å². The van der Waals surface area contributed by atoms with Crippen molar-refractivity contribution in [3.8, 4) is 0 Å². The molecule has 2 aromatic rings. The molecule has 2 aromatic carbocycles. The van der Waals surface area contributed by atoms with E-state index in [0.717, 1.165) is 17.7 Å². The topological polar surface area (TPSA) is 139 Å². The van der Waals surface area contributed by atoms with Crippen LogP contribution < -0.4 is 5.32 Å². The van der Waals surface area contributed by atoms with Crippen molar-refractivity contribution in [2.24, 2.45) is 5.92 Å². The molecule has 2 heterocycles. The molecule has 4 rings (SSSR count). The Morgan fingerprint density at radius 1 is 1.18 bits per heavy atom. The molecule has 2 aliphatic heterocycles. The van der Waals surface area contributed by atoms with Crippen molar-refractivity contribution in [2.45, 2.75) is 24.3 Å². The lowest BCUT2D eigenvalue weighted by atomic mass is 9.98. The number of non-ortho nitro benzene ring substituents is 1. The first-order valence-electron chi connectivity index (χ1n) is 10.8. The summed E-state index contributed by atoms with van der Waals surface area (Å²) in [6.45, 7) is 1.52. The van der Waals surface area contributed by atoms with Gasteiger partial charge in [0.25, 0.3) is 5.69 Å². The number of hydrogen-bond donors (Lipinski definition) is 1. The molecule has 180 valence electrons. The van der Waals surface area contributed by atoms with Crippen molar-refractivity contribution >= 4 is 33.4 Å². The number of hydrogen-bond acceptors (Lipinski definition) is 7. The summed E-state index contributed by atoms with van der Waals surface area (Å²) in [4.78, 5) is 36.3. The number of carbonyl (C=O) groups is 2. The zero-order valence-corrected chi connectivity index (χ0v) is 19.1. The van der Waals surface area contributed by atoms with Gasteiger partial charge < -0.3 is 15.0 Å². The van der Waals surface area contributed by atoms with Crippen LogP contribution in [0, 0.1) is 16.0 Å². The second-order valence-corrected chi connectivity index (χ2v) is 10.1. The van der Waals surface area contributed by atoms with Gasteiger partial charge in [0, 0.05) is 37.5 Å². The molecule has 1 atom stereocenters. The Hall–Kier alpha value is -3.51. The second kappa shape index (κ2) is 9.77. The van der Waals surface area contributed by atoms with E-state index in [2.05, 4.69) is 5.32 Å². The number of carbonyl (C=O) groups excluding carboxylic acids is 2. The van der Waals surface area contributed by atoms with Crippen molar-refractivity contribution in [1.82, 2.24) is 9.21 Å². The third-order valence-corrected chi connectivity index (χ3v) is 7.73. The lowest BCUT2D eigenvalue weighted by molar-refractivity contribution is -0.384. The summed E-state index contributed by atoms with van der Waals surface area (Å²) in [5.74, 6) is -0.833. The zero-order valence-electron chi connectivity index (χ0n) is 18.3. The summed E-state index contributed by atoms with van der Waals surface area (Å²) in [5, 5.41) is 13.7. The fraction of sp³-hybridized carbons (Fsp3) is 0.364. The number of ether oxygens (including phenoxy) is 1. The van der Waals surface area contributed by atoms with E-state index >= 15 is 0 Å². The average Bonchev–Trinajstić information content (AvgIpc) is 3.23. The largest absolute Gasteiger partial charge is 0.448 e. The van der Waals surface area contributed by atoms with Crippen molar-refractivity contribution < 1.29 is 27.7 Å². The van der Waals surface area contributed by atoms with E-state index < -0.39 is 20.9 Å². The van der Waals surface area contributed by atoms with Crippen molar-refractivity contribution in [3.63, 3.8) is 0 Å². The van der Waals surface area contributed by atoms with Gasteiger partial charge in [0.15, 0.2) is 0 Å². The maximum absolute atomic E-state index is 13.0. The first-order chi connectivity index (χ1) is 16.2. The fourth-order valence-corrected chi connectivity index (χ4v) is 5.57. The summed E-state index contributed by atoms with van der Waals surface area (Å²) in [6.07, 6.45) is 0.685. The number of nitro benzene ring substituents is 1. The van der Waals surface area contributed by atoms with E-state index in [-0.39, 0.29) is 35.7 Å². The Balaban J connectivity index is 1.41. The van der Waals surface area contributed by atoms with Crippen LogP contribution >= 0.6 is 0 Å². The van der Waals surface area contributed by atoms with Gasteiger partial charge in [-0.3, -0.25) is 14.9 Å². The Morgan fingerprint density at radius 3 is 2.62 bits per heavy atom. The van der Waals surface area contributed by atoms with E-state index in [1.807, 2.05) is 6.07 Å². The molecular formula is C22H24N4O7S. The minimum atomic E-state index is -3.89. The van der Waals surface area contributed by atoms with Crippen LogP contribution in [0.3, 0.4) is 0 Å². The monoisotopic (exact) mass is 488 g/mol. The quantitative estimate of drug-likeness (QED) is 0.467. The third-order valence-electron chi connectivity index (χ3n) is 5.85. The molecule has 2 aliphatic rings. The molecule has 1 unspecified atom stereocenters. The summed E-state index contributed by atoms with van der Waals surface area (Å²) < 4.78 is 32.2. The fourth-order valence-electron chi connectivity index (χ4n) is 4.05. The highest BCUT2D eigenvalue weighted by atomic mass is 32.2. The number of cyclic esters (lactones) is 1. The summed E-state index contributed by atoms with van der Waals surface area (Å²) >= 11 is 0. The molecule has 0 bridgehead atoms. The van der Waals surface area contributed by atoms with E-state index in [4.69, 9.17) is 4.74 Å². The molecule has 0 spiro atoms. The van der Waals surface area contributed by atoms with Gasteiger partial charge in [-0.2, -0.15) is 4.31 Å². The molecule has 12 heteroatoms. The smallest absolute Gasteiger partial charge is 0.410 e. The first kappa shape index (κ1) is 23.6. The van der Waals surface area contributed by atoms with Crippen LogP contribution in [-0.4, -0.2) is 60.8 Å². The number of amides is 2. The summed E-state index contributed by atoms with van der Waals surface area (Å²) in [5.41, 5.74) is 1.20. The Morgan fingerprint density at radius 2 is 1.94 bits per heavy atom. The molecule has 0 aliphatic carbocycles. The number of anilines is 1. The molecule has 2 amide bonds. The number of nitrogens with zero attached hydrogens (tertiary/aromatic N) is 3. The average molecular weight is 489 g/mol. The predicted molar refractivity (Wildman–Crippen MR) is 121 cm³/mol. The molecule has 11 nitrogen and oxygen atoms in total. The molecule has 34 heavy (non-hydrogen) atoms. The van der Waals surface area contributed by atoms with Gasteiger partial charge >= 0.3 is 6.09 Å². The zero-order chi connectivity index (χ0) is 24.3. The standard InChI is InChI=1S/C22H24N4O7S/c27-21(23-18-5-1-3-16(13-18)14-24-11-12-33-22(24)28)17-4-2-10-25(15-17)34(31,32)20-8-6-19(7-9-20)26(29)30/h1,3,5-9,13,17H,2,4,10-12,14-15H2,(H,23,27). The molecule has 2 fully saturated rings. The van der Waals surface area contributed by atoms with Gasteiger partial charge in [-0.1, -0.05) is 12.1 Å². The van der Waals surface area contributed by atoms with Gasteiger partial charge in [-0.15, -0.1) is 0 Å². The Labute approximate surface area is 196 Å². The normalized spacial score (nSPS) is 19.0. The SMILES string of the molecule is O=C(Nc1cccc(CN2CCOC2=O)c1)C1CCCN(S(=O)(=O)c2ccc([N+](=O)[O-])cc2)C1. The van der Waals surface area contributed by atoms with Crippen LogP contribution in [0.4, 0.5) is 16.2 Å². The maximum atomic E-state index is 13.0. The van der Waals surface area contributed by atoms with Crippen LogP contribution in [0.2, 0.25) is 0 Å². The van der Waals surface area contributed by atoms with Crippen molar-refractivity contribution in [2.75, 3.05) is 31.6 Å². The first-order valence-corrected chi connectivity index (χ1v) is 12.2. The number of piperidine rings is 1. The molecule has 1 N–H and O–H groups in total. The molecule has 0 saturated carbocycles. The lowest BCUT2D eigenvalue weighted by Crippen LogP contribution is -2.43. The van der Waals surface area contributed by atoms with E-state index in [1.54, 1.807) is 23.1 Å². The third kappa shape index (κ3) is 5.18. The van der Waals surface area contributed by atoms with Crippen LogP contribution in [0.1, 0.15) is 18.4 Å². The highest BCUT2D eigenvalue weighted by Gasteiger charge is 2.33. The van der Waals surface area contributed by atoms with Crippen molar-refractivity contribution in [1.29, 1.82) is 0 Å². The van der Waals surface area contributed by atoms with E-state index in [9.17, 15) is 28.1 Å². The van der Waals surface area contributed by atoms with Gasteiger partial charge in [0.05, 0.1) is 22.3 Å². The maximum Gasteiger partial charge on any atom is 0.410 e. The van der Waals surface area contributed by atoms with Gasteiger partial charge in [0.1, 0.15) is 6.61 Å². The minimum absolute atomic E-state index is 0.0183. The second-order valence-electron chi connectivity index (χ2n) is 8.18. The van der Waals surface area contributed by atoms with E-state index in [1.165, 1.54) is 16.4 Å². The molecule has 2 saturated heterocycles. The van der Waals surface area contributed by atoms with Crippen LogP contribution in [0.5, 0.6) is 0 Å². The van der Waals surface area contributed by atoms with Crippen molar-refractivity contribution in [3.05, 3.63) is 64.2 Å². The summed E-state index contributed by atoms with van der Waals surface area (Å²) in [6, 6.07) is 11.8. The minimum Gasteiger partial charge on any atom is -0.448 e. The summed E-state index contributed by atoms with van der Waals surface area (Å²) in [7, 11) is -3.89. The lowest BCUT2D eigenvalue weighted by Gasteiger charge is -2.31. The van der Waals surface area contributed by atoms with Crippen LogP contribution in [-0.2, 0) is 26.1 Å². The van der Waals surface area contributed by atoms with Gasteiger partial charge in [-0.05, 0) is 42.7 Å². The van der Waals surface area contributed by atoms with Crippen LogP contribution in [0.25, 0.3) is 0 Å². The molecular weight excluding hydrogens is 464 g/mol. The Bertz CT molecular complexity index is 1200. The Kier molecular flexibility index (Phi) is 6.80. The van der Waals surface area contributed by atoms with Crippen LogP contribution in [0.15, 0.2) is 53.4 Å². The van der Waals surface area contributed by atoms with E-state index in [0.29, 0.717) is 38.2 Å². The number of benzene rings is 2. The van der Waals surface area contributed by atoms with Gasteiger partial charge in [0.2, 0.25) is 15.9 Å².